The topological polar surface area (TPSA) is 96.4 Å². The van der Waals surface area contributed by atoms with E-state index in [2.05, 4.69) is 9.71 Å². The lowest BCUT2D eigenvalue weighted by atomic mass is 10.3. The van der Waals surface area contributed by atoms with Crippen LogP contribution in [-0.4, -0.2) is 24.5 Å². The van der Waals surface area contributed by atoms with Gasteiger partial charge in [-0.1, -0.05) is 34.8 Å². The van der Waals surface area contributed by atoms with Crippen LogP contribution in [0.1, 0.15) is 5.69 Å². The second kappa shape index (κ2) is 6.59. The molecule has 2 rings (SSSR count). The summed E-state index contributed by atoms with van der Waals surface area (Å²) in [7, 11) is -4.02. The summed E-state index contributed by atoms with van der Waals surface area (Å²) in [4.78, 5) is 14.2. The maximum absolute atomic E-state index is 12.3. The number of hydrogen-bond acceptors (Lipinski definition) is 5. The minimum Gasteiger partial charge on any atom is -0.481 e. The molecule has 0 aliphatic carbocycles. The lowest BCUT2D eigenvalue weighted by Gasteiger charge is -2.08. The molecule has 11 heteroatoms. The van der Waals surface area contributed by atoms with Gasteiger partial charge in [0.1, 0.15) is 4.90 Å². The van der Waals surface area contributed by atoms with Gasteiger partial charge in [0.15, 0.2) is 5.13 Å². The fourth-order valence-electron chi connectivity index (χ4n) is 1.48. The van der Waals surface area contributed by atoms with Crippen LogP contribution in [0.15, 0.2) is 22.4 Å². The number of rotatable bonds is 5. The van der Waals surface area contributed by atoms with Crippen molar-refractivity contribution in [3.05, 3.63) is 38.3 Å². The molecule has 0 atom stereocenters. The van der Waals surface area contributed by atoms with Gasteiger partial charge in [-0.3, -0.25) is 9.52 Å². The van der Waals surface area contributed by atoms with Crippen LogP contribution in [0, 0.1) is 0 Å². The normalized spacial score (nSPS) is 11.4. The summed E-state index contributed by atoms with van der Waals surface area (Å²) in [6.45, 7) is 0. The number of carbonyl (C=O) groups is 1. The first-order valence-electron chi connectivity index (χ1n) is 5.53. The number of aliphatic carboxylic acids is 1. The van der Waals surface area contributed by atoms with Crippen molar-refractivity contribution in [1.29, 1.82) is 0 Å². The van der Waals surface area contributed by atoms with Gasteiger partial charge in [-0.05, 0) is 12.1 Å². The molecule has 0 radical (unpaired) electrons. The van der Waals surface area contributed by atoms with Crippen molar-refractivity contribution in [2.24, 2.45) is 0 Å². The Bertz CT molecular complexity index is 836. The fourth-order valence-corrected chi connectivity index (χ4v) is 4.42. The van der Waals surface area contributed by atoms with Gasteiger partial charge < -0.3 is 5.11 Å². The number of nitrogens with one attached hydrogen (secondary N) is 1. The lowest BCUT2D eigenvalue weighted by molar-refractivity contribution is -0.136. The van der Waals surface area contributed by atoms with Gasteiger partial charge in [0.05, 0.1) is 27.2 Å². The lowest BCUT2D eigenvalue weighted by Crippen LogP contribution is -2.13. The molecule has 0 aliphatic heterocycles. The number of anilines is 1. The molecule has 0 amide bonds. The van der Waals surface area contributed by atoms with Gasteiger partial charge in [-0.2, -0.15) is 0 Å². The molecule has 1 aromatic carbocycles. The van der Waals surface area contributed by atoms with Crippen molar-refractivity contribution in [2.75, 3.05) is 4.72 Å². The number of halogens is 3. The Labute approximate surface area is 144 Å². The third-order valence-electron chi connectivity index (χ3n) is 2.40. The number of aromatic nitrogens is 1. The molecule has 0 spiro atoms. The predicted octanol–water partition coefficient (Wildman–Crippen LogP) is 3.53. The third-order valence-corrected chi connectivity index (χ3v) is 6.12. The van der Waals surface area contributed by atoms with E-state index < -0.39 is 16.0 Å². The minimum atomic E-state index is -4.02. The Morgan fingerprint density at radius 2 is 1.95 bits per heavy atom. The van der Waals surface area contributed by atoms with Crippen LogP contribution in [0.5, 0.6) is 0 Å². The van der Waals surface area contributed by atoms with Crippen LogP contribution in [0.2, 0.25) is 15.1 Å². The molecule has 1 aromatic heterocycles. The number of sulfonamides is 1. The monoisotopic (exact) mass is 400 g/mol. The van der Waals surface area contributed by atoms with E-state index in [-0.39, 0.29) is 37.2 Å². The SMILES string of the molecule is O=C(O)Cc1csc(NS(=O)(=O)c2ccc(Cl)c(Cl)c2Cl)n1. The maximum atomic E-state index is 12.3. The number of benzene rings is 1. The first kappa shape index (κ1) is 17.3. The Hall–Kier alpha value is -1.06. The zero-order chi connectivity index (χ0) is 16.5. The van der Waals surface area contributed by atoms with Crippen molar-refractivity contribution in [1.82, 2.24) is 4.98 Å². The third kappa shape index (κ3) is 3.82. The molecular formula is C11H7Cl3N2O4S2. The number of carboxylic acid groups (broad SMARTS) is 1. The summed E-state index contributed by atoms with van der Waals surface area (Å²) >= 11 is 18.4. The van der Waals surface area contributed by atoms with E-state index in [4.69, 9.17) is 39.9 Å². The molecule has 118 valence electrons. The predicted molar refractivity (Wildman–Crippen MR) is 85.7 cm³/mol. The van der Waals surface area contributed by atoms with E-state index >= 15 is 0 Å². The quantitative estimate of drug-likeness (QED) is 0.747. The average molecular weight is 402 g/mol. The molecule has 22 heavy (non-hydrogen) atoms. The molecule has 2 N–H and O–H groups in total. The molecule has 0 unspecified atom stereocenters. The first-order valence-corrected chi connectivity index (χ1v) is 9.03. The summed E-state index contributed by atoms with van der Waals surface area (Å²) < 4.78 is 26.8. The van der Waals surface area contributed by atoms with E-state index in [9.17, 15) is 13.2 Å². The average Bonchev–Trinajstić information content (AvgIpc) is 2.81. The maximum Gasteiger partial charge on any atom is 0.309 e. The Morgan fingerprint density at radius 1 is 1.27 bits per heavy atom. The number of thiazole rings is 1. The fraction of sp³-hybridized carbons (Fsp3) is 0.0909. The molecule has 0 fully saturated rings. The Kier molecular flexibility index (Phi) is 5.18. The van der Waals surface area contributed by atoms with Crippen molar-refractivity contribution in [3.63, 3.8) is 0 Å². The van der Waals surface area contributed by atoms with E-state index in [1.54, 1.807) is 0 Å². The highest BCUT2D eigenvalue weighted by atomic mass is 35.5. The summed E-state index contributed by atoms with van der Waals surface area (Å²) in [6, 6.07) is 2.52. The van der Waals surface area contributed by atoms with E-state index in [1.807, 2.05) is 0 Å². The highest BCUT2D eigenvalue weighted by molar-refractivity contribution is 7.93. The molecular weight excluding hydrogens is 395 g/mol. The molecule has 2 aromatic rings. The molecule has 0 saturated carbocycles. The molecule has 0 aliphatic rings. The Morgan fingerprint density at radius 3 is 2.59 bits per heavy atom. The second-order valence-electron chi connectivity index (χ2n) is 3.99. The van der Waals surface area contributed by atoms with Crippen molar-refractivity contribution < 1.29 is 18.3 Å². The van der Waals surface area contributed by atoms with Crippen LogP contribution in [-0.2, 0) is 21.2 Å². The zero-order valence-electron chi connectivity index (χ0n) is 10.5. The summed E-state index contributed by atoms with van der Waals surface area (Å²) in [5, 5.41) is 9.99. The standard InChI is InChI=1S/C11H7Cl3N2O4S2/c12-6-1-2-7(10(14)9(6)13)22(19,20)16-11-15-5(4-21-11)3-8(17)18/h1-2,4H,3H2,(H,15,16)(H,17,18). The number of hydrogen-bond donors (Lipinski definition) is 2. The molecule has 1 heterocycles. The van der Waals surface area contributed by atoms with Crippen molar-refractivity contribution in [2.45, 2.75) is 11.3 Å². The highest BCUT2D eigenvalue weighted by Crippen LogP contribution is 2.35. The van der Waals surface area contributed by atoms with E-state index in [0.717, 1.165) is 11.3 Å². The van der Waals surface area contributed by atoms with Crippen LogP contribution < -0.4 is 4.72 Å². The van der Waals surface area contributed by atoms with Gasteiger partial charge >= 0.3 is 5.97 Å². The van der Waals surface area contributed by atoms with Gasteiger partial charge in [0.25, 0.3) is 10.0 Å². The molecule has 6 nitrogen and oxygen atoms in total. The van der Waals surface area contributed by atoms with Crippen molar-refractivity contribution >= 4 is 67.3 Å². The summed E-state index contributed by atoms with van der Waals surface area (Å²) in [6.07, 6.45) is -0.300. The van der Waals surface area contributed by atoms with Crippen LogP contribution in [0.4, 0.5) is 5.13 Å². The summed E-state index contributed by atoms with van der Waals surface area (Å²) in [5.74, 6) is -1.06. The Balaban J connectivity index is 2.30. The van der Waals surface area contributed by atoms with E-state index in [0.29, 0.717) is 0 Å². The zero-order valence-corrected chi connectivity index (χ0v) is 14.4. The molecule has 0 bridgehead atoms. The van der Waals surface area contributed by atoms with E-state index in [1.165, 1.54) is 17.5 Å². The van der Waals surface area contributed by atoms with Gasteiger partial charge in [0, 0.05) is 5.38 Å². The first-order chi connectivity index (χ1) is 10.2. The van der Waals surface area contributed by atoms with Gasteiger partial charge in [-0.15, -0.1) is 11.3 Å². The van der Waals surface area contributed by atoms with Crippen LogP contribution in [0.3, 0.4) is 0 Å². The second-order valence-corrected chi connectivity index (χ2v) is 7.67. The van der Waals surface area contributed by atoms with Crippen LogP contribution in [0.25, 0.3) is 0 Å². The number of nitrogens with zero attached hydrogens (tertiary/aromatic N) is 1. The highest BCUT2D eigenvalue weighted by Gasteiger charge is 2.22. The van der Waals surface area contributed by atoms with Gasteiger partial charge in [-0.25, -0.2) is 13.4 Å². The minimum absolute atomic E-state index is 0.0263. The van der Waals surface area contributed by atoms with Gasteiger partial charge in [0.2, 0.25) is 0 Å². The van der Waals surface area contributed by atoms with Crippen LogP contribution >= 0.6 is 46.1 Å². The molecule has 0 saturated heterocycles. The largest absolute Gasteiger partial charge is 0.481 e. The van der Waals surface area contributed by atoms with Crippen molar-refractivity contribution in [3.8, 4) is 0 Å². The smallest absolute Gasteiger partial charge is 0.309 e. The summed E-state index contributed by atoms with van der Waals surface area (Å²) in [5.41, 5.74) is 0.246. The number of carboxylic acids is 1.